The van der Waals surface area contributed by atoms with Crippen LogP contribution >= 0.6 is 0 Å². The molecule has 8 aromatic carbocycles. The van der Waals surface area contributed by atoms with E-state index in [9.17, 15) is 0 Å². The minimum Gasteiger partial charge on any atom is -0.278 e. The summed E-state index contributed by atoms with van der Waals surface area (Å²) in [4.78, 5) is 10.7. The lowest BCUT2D eigenvalue weighted by Gasteiger charge is -2.14. The van der Waals surface area contributed by atoms with Gasteiger partial charge < -0.3 is 0 Å². The molecule has 0 amide bonds. The van der Waals surface area contributed by atoms with Gasteiger partial charge in [0, 0.05) is 32.7 Å². The Labute approximate surface area is 311 Å². The van der Waals surface area contributed by atoms with Crippen molar-refractivity contribution in [2.24, 2.45) is 0 Å². The maximum absolute atomic E-state index is 5.36. The van der Waals surface area contributed by atoms with Crippen molar-refractivity contribution in [1.82, 2.24) is 24.3 Å². The van der Waals surface area contributed by atoms with E-state index in [0.29, 0.717) is 5.95 Å². The Morgan fingerprint density at radius 1 is 0.389 bits per heavy atom. The highest BCUT2D eigenvalue weighted by atomic mass is 15.3. The lowest BCUT2D eigenvalue weighted by atomic mass is 9.91. The molecule has 0 unspecified atom stereocenters. The summed E-state index contributed by atoms with van der Waals surface area (Å²) in [6.07, 6.45) is 1.98. The lowest BCUT2D eigenvalue weighted by molar-refractivity contribution is 0.910. The Bertz CT molecular complexity index is 3130. The van der Waals surface area contributed by atoms with Crippen LogP contribution in [0.5, 0.6) is 0 Å². The highest BCUT2D eigenvalue weighted by Gasteiger charge is 2.22. The molecule has 0 radical (unpaired) electrons. The van der Waals surface area contributed by atoms with Crippen molar-refractivity contribution in [3.8, 4) is 45.3 Å². The Balaban J connectivity index is 1.32. The zero-order chi connectivity index (χ0) is 35.6. The molecule has 0 aliphatic rings. The van der Waals surface area contributed by atoms with E-state index in [-0.39, 0.29) is 0 Å². The summed E-state index contributed by atoms with van der Waals surface area (Å²) in [5, 5.41) is 13.1. The normalized spacial score (nSPS) is 11.7. The molecule has 3 heterocycles. The van der Waals surface area contributed by atoms with Crippen molar-refractivity contribution < 1.29 is 0 Å². The number of aromatic nitrogens is 5. The first-order chi connectivity index (χ1) is 26.8. The topological polar surface area (TPSA) is 48.5 Å². The second-order valence-electron chi connectivity index (χ2n) is 13.7. The SMILES string of the molecule is c1ccc(-c2cc(-c3ccccc3)nc(-n3c4cc5c(cnn5-c5ccccc5)cc4c4c5c(ccc43)c(-c3ccccc3)cc3ccccc35)n2)cc1. The van der Waals surface area contributed by atoms with E-state index >= 15 is 0 Å². The second kappa shape index (κ2) is 12.1. The molecule has 3 aromatic heterocycles. The minimum absolute atomic E-state index is 0.614. The number of rotatable bonds is 5. The molecule has 0 saturated heterocycles. The maximum Gasteiger partial charge on any atom is 0.235 e. The van der Waals surface area contributed by atoms with E-state index in [4.69, 9.17) is 15.1 Å². The van der Waals surface area contributed by atoms with E-state index in [2.05, 4.69) is 156 Å². The summed E-state index contributed by atoms with van der Waals surface area (Å²) in [6, 6.07) is 64.1. The van der Waals surface area contributed by atoms with E-state index in [1.807, 2.05) is 41.2 Å². The van der Waals surface area contributed by atoms with E-state index in [0.717, 1.165) is 55.5 Å². The largest absolute Gasteiger partial charge is 0.278 e. The molecule has 0 fully saturated rings. The molecule has 0 bridgehead atoms. The van der Waals surface area contributed by atoms with Crippen LogP contribution in [0.25, 0.3) is 99.5 Å². The van der Waals surface area contributed by atoms with Crippen LogP contribution in [0, 0.1) is 0 Å². The molecule has 252 valence electrons. The zero-order valence-electron chi connectivity index (χ0n) is 29.1. The third-order valence-electron chi connectivity index (χ3n) is 10.6. The Morgan fingerprint density at radius 2 is 1.00 bits per heavy atom. The van der Waals surface area contributed by atoms with Gasteiger partial charge in [0.1, 0.15) is 0 Å². The summed E-state index contributed by atoms with van der Waals surface area (Å²) in [5.74, 6) is 0.614. The summed E-state index contributed by atoms with van der Waals surface area (Å²) < 4.78 is 4.28. The molecule has 0 aliphatic heterocycles. The number of fused-ring (bicyclic) bond motifs is 8. The van der Waals surface area contributed by atoms with Crippen LogP contribution < -0.4 is 0 Å². The molecule has 0 aliphatic carbocycles. The van der Waals surface area contributed by atoms with Crippen LogP contribution in [0.2, 0.25) is 0 Å². The van der Waals surface area contributed by atoms with Gasteiger partial charge in [-0.3, -0.25) is 4.57 Å². The first-order valence-corrected chi connectivity index (χ1v) is 18.2. The van der Waals surface area contributed by atoms with Gasteiger partial charge in [-0.05, 0) is 69.8 Å². The number of nitrogens with zero attached hydrogens (tertiary/aromatic N) is 5. The van der Waals surface area contributed by atoms with Gasteiger partial charge in [0.2, 0.25) is 5.95 Å². The molecule has 5 heteroatoms. The molecule has 5 nitrogen and oxygen atoms in total. The summed E-state index contributed by atoms with van der Waals surface area (Å²) in [6.45, 7) is 0. The summed E-state index contributed by atoms with van der Waals surface area (Å²) in [7, 11) is 0. The van der Waals surface area contributed by atoms with Crippen LogP contribution in [-0.4, -0.2) is 24.3 Å². The van der Waals surface area contributed by atoms with Crippen LogP contribution in [0.4, 0.5) is 0 Å². The molecule has 11 rings (SSSR count). The van der Waals surface area contributed by atoms with Crippen LogP contribution in [-0.2, 0) is 0 Å². The predicted octanol–water partition coefficient (Wildman–Crippen LogP) is 12.2. The minimum atomic E-state index is 0.614. The van der Waals surface area contributed by atoms with E-state index in [1.165, 1.54) is 38.1 Å². The number of hydrogen-bond donors (Lipinski definition) is 0. The van der Waals surface area contributed by atoms with Crippen molar-refractivity contribution in [2.45, 2.75) is 0 Å². The fourth-order valence-corrected chi connectivity index (χ4v) is 8.11. The first-order valence-electron chi connectivity index (χ1n) is 18.2. The molecular formula is C49H31N5. The molecule has 0 saturated carbocycles. The Hall–Kier alpha value is -7.37. The fraction of sp³-hybridized carbons (Fsp3) is 0. The molecule has 0 N–H and O–H groups in total. The van der Waals surface area contributed by atoms with Gasteiger partial charge in [0.25, 0.3) is 0 Å². The van der Waals surface area contributed by atoms with Gasteiger partial charge in [0.15, 0.2) is 0 Å². The average molecular weight is 690 g/mol. The maximum atomic E-state index is 5.36. The smallest absolute Gasteiger partial charge is 0.235 e. The van der Waals surface area contributed by atoms with Crippen molar-refractivity contribution in [1.29, 1.82) is 0 Å². The van der Waals surface area contributed by atoms with Gasteiger partial charge in [-0.15, -0.1) is 0 Å². The third kappa shape index (κ3) is 4.76. The monoisotopic (exact) mass is 689 g/mol. The zero-order valence-corrected chi connectivity index (χ0v) is 29.1. The van der Waals surface area contributed by atoms with Gasteiger partial charge in [0.05, 0.1) is 39.8 Å². The summed E-state index contributed by atoms with van der Waals surface area (Å²) >= 11 is 0. The van der Waals surface area contributed by atoms with Gasteiger partial charge in [-0.1, -0.05) is 140 Å². The molecule has 0 spiro atoms. The number of para-hydroxylation sites is 1. The van der Waals surface area contributed by atoms with Crippen LogP contribution in [0.15, 0.2) is 188 Å². The van der Waals surface area contributed by atoms with Crippen molar-refractivity contribution in [3.63, 3.8) is 0 Å². The molecular weight excluding hydrogens is 659 g/mol. The molecule has 0 atom stereocenters. The van der Waals surface area contributed by atoms with Crippen LogP contribution in [0.3, 0.4) is 0 Å². The Kier molecular flexibility index (Phi) is 6.79. The third-order valence-corrected chi connectivity index (χ3v) is 10.6. The Morgan fingerprint density at radius 3 is 1.69 bits per heavy atom. The quantitative estimate of drug-likeness (QED) is 0.169. The standard InChI is InChI=1S/C49H31N5/c1-5-15-32(16-6-1)40-27-35-21-13-14-24-38(35)47-39(40)25-26-44-48(47)41-28-36-31-50-54(37-22-11-4-12-23-37)45(36)30-46(41)53(44)49-51-42(33-17-7-2-8-18-33)29-43(52-49)34-19-9-3-10-20-34/h1-31H. The van der Waals surface area contributed by atoms with E-state index < -0.39 is 0 Å². The van der Waals surface area contributed by atoms with Gasteiger partial charge in [-0.2, -0.15) is 5.10 Å². The average Bonchev–Trinajstić information content (AvgIpc) is 3.82. The predicted molar refractivity (Wildman–Crippen MR) is 222 cm³/mol. The van der Waals surface area contributed by atoms with Crippen molar-refractivity contribution in [2.75, 3.05) is 0 Å². The van der Waals surface area contributed by atoms with E-state index in [1.54, 1.807) is 0 Å². The van der Waals surface area contributed by atoms with Crippen LogP contribution in [0.1, 0.15) is 0 Å². The molecule has 54 heavy (non-hydrogen) atoms. The van der Waals surface area contributed by atoms with Gasteiger partial charge >= 0.3 is 0 Å². The van der Waals surface area contributed by atoms with Crippen molar-refractivity contribution >= 4 is 54.3 Å². The van der Waals surface area contributed by atoms with Crippen molar-refractivity contribution in [3.05, 3.63) is 188 Å². The second-order valence-corrected chi connectivity index (χ2v) is 13.7. The molecule has 11 aromatic rings. The first kappa shape index (κ1) is 30.3. The number of benzene rings is 8. The highest BCUT2D eigenvalue weighted by Crippen LogP contribution is 2.44. The van der Waals surface area contributed by atoms with Gasteiger partial charge in [-0.25, -0.2) is 14.6 Å². The fourth-order valence-electron chi connectivity index (χ4n) is 8.11. The summed E-state index contributed by atoms with van der Waals surface area (Å²) in [5.41, 5.74) is 10.3. The highest BCUT2D eigenvalue weighted by molar-refractivity contribution is 6.31. The number of hydrogen-bond acceptors (Lipinski definition) is 3. The lowest BCUT2D eigenvalue weighted by Crippen LogP contribution is -2.04.